The van der Waals surface area contributed by atoms with Gasteiger partial charge in [-0.1, -0.05) is 6.07 Å². The van der Waals surface area contributed by atoms with Gasteiger partial charge in [0.15, 0.2) is 6.17 Å². The van der Waals surface area contributed by atoms with Crippen molar-refractivity contribution in [1.29, 1.82) is 5.26 Å². The molecule has 1 amide bonds. The second-order valence-corrected chi connectivity index (χ2v) is 7.69. The standard InChI is InChI=1S/C22H19FN6O3/c23-15-3-1-2-12(7-24)19(15)16-6-14(20-17(27-16)8-26-22(20)31)21-25-9-18(28-21)29-4-5-32-11-13(30)10-29/h1-3,6,9,13,21,30H,4-5,8,10-11H2,(H,26,31)/t13-,21?/m0/s1. The molecule has 3 aliphatic heterocycles. The van der Waals surface area contributed by atoms with Crippen LogP contribution >= 0.6 is 0 Å². The van der Waals surface area contributed by atoms with Gasteiger partial charge < -0.3 is 20.1 Å². The van der Waals surface area contributed by atoms with Crippen LogP contribution in [0, 0.1) is 17.1 Å². The number of carbonyl (C=O) groups is 1. The van der Waals surface area contributed by atoms with Gasteiger partial charge in [-0.05, 0) is 18.2 Å². The molecule has 0 saturated carbocycles. The zero-order valence-electron chi connectivity index (χ0n) is 17.0. The maximum atomic E-state index is 14.7. The van der Waals surface area contributed by atoms with Gasteiger partial charge >= 0.3 is 0 Å². The minimum absolute atomic E-state index is 0.0809. The summed E-state index contributed by atoms with van der Waals surface area (Å²) in [6, 6.07) is 7.84. The van der Waals surface area contributed by atoms with Crippen molar-refractivity contribution in [3.63, 3.8) is 0 Å². The molecule has 1 aromatic carbocycles. The number of halogens is 1. The maximum absolute atomic E-state index is 14.7. The monoisotopic (exact) mass is 434 g/mol. The number of aliphatic hydroxyl groups excluding tert-OH is 1. The number of amides is 1. The highest BCUT2D eigenvalue weighted by molar-refractivity contribution is 6.30. The average Bonchev–Trinajstić information content (AvgIpc) is 3.36. The van der Waals surface area contributed by atoms with Crippen LogP contribution < -0.4 is 5.32 Å². The van der Waals surface area contributed by atoms with E-state index in [4.69, 9.17) is 4.74 Å². The molecule has 0 bridgehead atoms. The van der Waals surface area contributed by atoms with Crippen LogP contribution in [0.4, 0.5) is 4.39 Å². The maximum Gasteiger partial charge on any atom is 0.253 e. The van der Waals surface area contributed by atoms with E-state index in [0.717, 1.165) is 0 Å². The highest BCUT2D eigenvalue weighted by Crippen LogP contribution is 2.35. The number of aromatic nitrogens is 1. The first-order valence-corrected chi connectivity index (χ1v) is 10.2. The molecule has 0 radical (unpaired) electrons. The van der Waals surface area contributed by atoms with E-state index >= 15 is 0 Å². The van der Waals surface area contributed by atoms with Gasteiger partial charge in [0.05, 0.1) is 66.2 Å². The Morgan fingerprint density at radius 3 is 3.06 bits per heavy atom. The van der Waals surface area contributed by atoms with Gasteiger partial charge in [-0.15, -0.1) is 0 Å². The first kappa shape index (κ1) is 20.2. The molecule has 10 heteroatoms. The van der Waals surface area contributed by atoms with Gasteiger partial charge in [0.1, 0.15) is 11.7 Å². The van der Waals surface area contributed by atoms with Crippen LogP contribution in [0.25, 0.3) is 11.3 Å². The molecule has 32 heavy (non-hydrogen) atoms. The fraction of sp³-hybridized carbons (Fsp3) is 0.318. The summed E-state index contributed by atoms with van der Waals surface area (Å²) < 4.78 is 20.0. The SMILES string of the molecule is N#Cc1cccc(F)c1-c1cc(C2N=CC(N3CCOC[C@@H](O)C3)=N2)c2c(n1)CNC2=O. The number of amidine groups is 1. The van der Waals surface area contributed by atoms with E-state index in [2.05, 4.69) is 20.3 Å². The van der Waals surface area contributed by atoms with E-state index in [1.165, 1.54) is 18.2 Å². The number of nitrogens with zero attached hydrogens (tertiary/aromatic N) is 5. The normalized spacial score (nSPS) is 22.2. The number of hydrogen-bond donors (Lipinski definition) is 2. The molecule has 1 unspecified atom stereocenters. The van der Waals surface area contributed by atoms with Gasteiger partial charge in [-0.2, -0.15) is 5.26 Å². The van der Waals surface area contributed by atoms with Gasteiger partial charge in [-0.25, -0.2) is 14.4 Å². The van der Waals surface area contributed by atoms with E-state index < -0.39 is 18.1 Å². The smallest absolute Gasteiger partial charge is 0.253 e. The van der Waals surface area contributed by atoms with Crippen LogP contribution in [-0.2, 0) is 11.3 Å². The number of β-amino-alcohol motifs (C(OH)–C–C–N with tert-alkyl or cyclic N) is 1. The highest BCUT2D eigenvalue weighted by atomic mass is 19.1. The van der Waals surface area contributed by atoms with Crippen molar-refractivity contribution in [3.05, 3.63) is 52.5 Å². The molecule has 0 aliphatic carbocycles. The molecule has 0 spiro atoms. The predicted octanol–water partition coefficient (Wildman–Crippen LogP) is 1.18. The third kappa shape index (κ3) is 3.51. The molecule has 9 nitrogen and oxygen atoms in total. The number of carbonyl (C=O) groups excluding carboxylic acids is 1. The first-order valence-electron chi connectivity index (χ1n) is 10.2. The molecule has 2 atom stereocenters. The summed E-state index contributed by atoms with van der Waals surface area (Å²) in [6.07, 6.45) is 0.245. The number of ether oxygens (including phenoxy) is 1. The number of nitrogens with one attached hydrogen (secondary N) is 1. The lowest BCUT2D eigenvalue weighted by atomic mass is 9.98. The Morgan fingerprint density at radius 2 is 2.22 bits per heavy atom. The number of aliphatic hydroxyl groups is 1. The second kappa shape index (κ2) is 8.11. The van der Waals surface area contributed by atoms with Crippen LogP contribution in [-0.4, -0.2) is 65.4 Å². The zero-order valence-corrected chi connectivity index (χ0v) is 17.0. The minimum Gasteiger partial charge on any atom is -0.389 e. The third-order valence-corrected chi connectivity index (χ3v) is 5.59. The van der Waals surface area contributed by atoms with E-state index in [-0.39, 0.29) is 35.9 Å². The Morgan fingerprint density at radius 1 is 1.34 bits per heavy atom. The summed E-state index contributed by atoms with van der Waals surface area (Å²) in [5, 5.41) is 22.2. The molecule has 5 rings (SSSR count). The molecule has 2 aromatic rings. The Bertz CT molecular complexity index is 1200. The zero-order chi connectivity index (χ0) is 22.2. The Labute approximate surface area is 182 Å². The van der Waals surface area contributed by atoms with Crippen molar-refractivity contribution in [2.24, 2.45) is 9.98 Å². The van der Waals surface area contributed by atoms with Gasteiger partial charge in [0, 0.05) is 18.7 Å². The molecule has 1 fully saturated rings. The van der Waals surface area contributed by atoms with E-state index in [9.17, 15) is 19.6 Å². The number of benzene rings is 1. The summed E-state index contributed by atoms with van der Waals surface area (Å²) in [7, 11) is 0. The second-order valence-electron chi connectivity index (χ2n) is 7.69. The molecule has 1 aromatic heterocycles. The van der Waals surface area contributed by atoms with Crippen LogP contribution in [0.15, 0.2) is 34.3 Å². The molecule has 162 valence electrons. The van der Waals surface area contributed by atoms with E-state index in [1.54, 1.807) is 12.3 Å². The van der Waals surface area contributed by atoms with Gasteiger partial charge in [0.2, 0.25) is 0 Å². The van der Waals surface area contributed by atoms with Crippen LogP contribution in [0.1, 0.15) is 33.3 Å². The molecule has 4 heterocycles. The highest BCUT2D eigenvalue weighted by Gasteiger charge is 2.32. The summed E-state index contributed by atoms with van der Waals surface area (Å²) >= 11 is 0. The summed E-state index contributed by atoms with van der Waals surface area (Å²) in [5.41, 5.74) is 1.81. The lowest BCUT2D eigenvalue weighted by Crippen LogP contribution is -2.37. The number of fused-ring (bicyclic) bond motifs is 1. The lowest BCUT2D eigenvalue weighted by Gasteiger charge is -2.21. The van der Waals surface area contributed by atoms with Crippen molar-refractivity contribution >= 4 is 18.0 Å². The van der Waals surface area contributed by atoms with E-state index in [1.807, 2.05) is 11.0 Å². The molecular weight excluding hydrogens is 415 g/mol. The minimum atomic E-state index is -0.719. The summed E-state index contributed by atoms with van der Waals surface area (Å²) in [5.74, 6) is -0.286. The number of aliphatic imine (C=N–C) groups is 2. The lowest BCUT2D eigenvalue weighted by molar-refractivity contribution is 0.0581. The van der Waals surface area contributed by atoms with Gasteiger partial charge in [0.25, 0.3) is 5.91 Å². The Balaban J connectivity index is 1.58. The fourth-order valence-electron chi connectivity index (χ4n) is 4.11. The molecule has 2 N–H and O–H groups in total. The molecule has 3 aliphatic rings. The van der Waals surface area contributed by atoms with Crippen molar-refractivity contribution in [2.45, 2.75) is 18.8 Å². The topological polar surface area (TPSA) is 123 Å². The van der Waals surface area contributed by atoms with Crippen molar-refractivity contribution in [3.8, 4) is 17.3 Å². The Kier molecular flexibility index (Phi) is 5.13. The first-order chi connectivity index (χ1) is 15.5. The van der Waals surface area contributed by atoms with E-state index in [0.29, 0.717) is 42.4 Å². The number of hydrogen-bond acceptors (Lipinski definition) is 8. The van der Waals surface area contributed by atoms with Crippen LogP contribution in [0.5, 0.6) is 0 Å². The number of pyridine rings is 1. The molecular formula is C22H19FN6O3. The predicted molar refractivity (Wildman–Crippen MR) is 113 cm³/mol. The molecule has 1 saturated heterocycles. The Hall–Kier alpha value is -3.68. The van der Waals surface area contributed by atoms with Crippen molar-refractivity contribution in [2.75, 3.05) is 26.3 Å². The summed E-state index contributed by atoms with van der Waals surface area (Å²) in [6.45, 7) is 1.83. The third-order valence-electron chi connectivity index (χ3n) is 5.59. The summed E-state index contributed by atoms with van der Waals surface area (Å²) in [4.78, 5) is 28.0. The quantitative estimate of drug-likeness (QED) is 0.732. The van der Waals surface area contributed by atoms with Crippen LogP contribution in [0.2, 0.25) is 0 Å². The number of nitriles is 1. The van der Waals surface area contributed by atoms with Gasteiger partial charge in [-0.3, -0.25) is 9.79 Å². The average molecular weight is 434 g/mol. The fourth-order valence-corrected chi connectivity index (χ4v) is 4.11. The van der Waals surface area contributed by atoms with Crippen molar-refractivity contribution in [1.82, 2.24) is 15.2 Å². The number of rotatable bonds is 2. The largest absolute Gasteiger partial charge is 0.389 e. The van der Waals surface area contributed by atoms with Crippen molar-refractivity contribution < 1.29 is 19.0 Å². The van der Waals surface area contributed by atoms with Crippen LogP contribution in [0.3, 0.4) is 0 Å².